The Morgan fingerprint density at radius 1 is 1.58 bits per heavy atom. The van der Waals surface area contributed by atoms with Crippen molar-refractivity contribution in [2.75, 3.05) is 32.8 Å². The molecule has 104 valence electrons. The Labute approximate surface area is 112 Å². The van der Waals surface area contributed by atoms with Crippen molar-refractivity contribution in [3.05, 3.63) is 34.4 Å². The summed E-state index contributed by atoms with van der Waals surface area (Å²) in [6, 6.07) is 6.21. The molecule has 1 saturated heterocycles. The lowest BCUT2D eigenvalue weighted by Gasteiger charge is -2.31. The van der Waals surface area contributed by atoms with Crippen molar-refractivity contribution in [3.63, 3.8) is 0 Å². The number of rotatable bonds is 5. The summed E-state index contributed by atoms with van der Waals surface area (Å²) in [4.78, 5) is 12.5. The van der Waals surface area contributed by atoms with Crippen LogP contribution in [0.2, 0.25) is 0 Å². The SMILES string of the molecule is CCN1CCOC(COc2cccc([N+](=O)[O-])c2)C1. The van der Waals surface area contributed by atoms with Gasteiger partial charge in [0.05, 0.1) is 17.6 Å². The van der Waals surface area contributed by atoms with Crippen LogP contribution in [0.4, 0.5) is 5.69 Å². The van der Waals surface area contributed by atoms with Gasteiger partial charge >= 0.3 is 0 Å². The fraction of sp³-hybridized carbons (Fsp3) is 0.538. The van der Waals surface area contributed by atoms with Gasteiger partial charge in [0.1, 0.15) is 18.5 Å². The van der Waals surface area contributed by atoms with E-state index in [-0.39, 0.29) is 11.8 Å². The summed E-state index contributed by atoms with van der Waals surface area (Å²) in [7, 11) is 0. The molecule has 1 aliphatic heterocycles. The third kappa shape index (κ3) is 3.90. The molecule has 0 spiro atoms. The number of nitrogens with zero attached hydrogens (tertiary/aromatic N) is 2. The average Bonchev–Trinajstić information content (AvgIpc) is 2.45. The lowest BCUT2D eigenvalue weighted by atomic mass is 10.3. The van der Waals surface area contributed by atoms with E-state index in [9.17, 15) is 10.1 Å². The van der Waals surface area contributed by atoms with Gasteiger partial charge in [-0.05, 0) is 12.6 Å². The third-order valence-electron chi connectivity index (χ3n) is 3.13. The molecule has 1 aliphatic rings. The molecule has 0 saturated carbocycles. The molecule has 0 bridgehead atoms. The highest BCUT2D eigenvalue weighted by Crippen LogP contribution is 2.19. The van der Waals surface area contributed by atoms with Gasteiger partial charge in [-0.3, -0.25) is 15.0 Å². The van der Waals surface area contributed by atoms with Crippen molar-refractivity contribution in [3.8, 4) is 5.75 Å². The van der Waals surface area contributed by atoms with Crippen LogP contribution in [-0.2, 0) is 4.74 Å². The van der Waals surface area contributed by atoms with Gasteiger partial charge in [0, 0.05) is 19.2 Å². The summed E-state index contributed by atoms with van der Waals surface area (Å²) >= 11 is 0. The number of nitro benzene ring substituents is 1. The smallest absolute Gasteiger partial charge is 0.273 e. The van der Waals surface area contributed by atoms with Crippen molar-refractivity contribution in [1.29, 1.82) is 0 Å². The van der Waals surface area contributed by atoms with E-state index in [0.717, 1.165) is 19.6 Å². The minimum atomic E-state index is -0.428. The highest BCUT2D eigenvalue weighted by Gasteiger charge is 2.20. The van der Waals surface area contributed by atoms with Crippen molar-refractivity contribution >= 4 is 5.69 Å². The van der Waals surface area contributed by atoms with Gasteiger partial charge in [-0.15, -0.1) is 0 Å². The van der Waals surface area contributed by atoms with E-state index in [0.29, 0.717) is 19.0 Å². The Balaban J connectivity index is 1.88. The standard InChI is InChI=1S/C13H18N2O4/c1-2-14-6-7-18-13(9-14)10-19-12-5-3-4-11(8-12)15(16)17/h3-5,8,13H,2,6-7,9-10H2,1H3. The van der Waals surface area contributed by atoms with Crippen LogP contribution >= 0.6 is 0 Å². The molecule has 6 nitrogen and oxygen atoms in total. The maximum Gasteiger partial charge on any atom is 0.273 e. The summed E-state index contributed by atoms with van der Waals surface area (Å²) in [6.45, 7) is 6.02. The van der Waals surface area contributed by atoms with Crippen molar-refractivity contribution in [2.45, 2.75) is 13.0 Å². The van der Waals surface area contributed by atoms with Crippen LogP contribution in [0.15, 0.2) is 24.3 Å². The average molecular weight is 266 g/mol. The molecule has 0 amide bonds. The van der Waals surface area contributed by atoms with E-state index in [1.54, 1.807) is 12.1 Å². The van der Waals surface area contributed by atoms with Crippen molar-refractivity contribution in [2.24, 2.45) is 0 Å². The van der Waals surface area contributed by atoms with Crippen LogP contribution in [-0.4, -0.2) is 48.8 Å². The Kier molecular flexibility index (Phi) is 4.70. The highest BCUT2D eigenvalue weighted by molar-refractivity contribution is 5.37. The molecule has 0 radical (unpaired) electrons. The zero-order valence-corrected chi connectivity index (χ0v) is 10.9. The second kappa shape index (κ2) is 6.49. The fourth-order valence-electron chi connectivity index (χ4n) is 2.04. The van der Waals surface area contributed by atoms with Gasteiger partial charge in [-0.2, -0.15) is 0 Å². The summed E-state index contributed by atoms with van der Waals surface area (Å²) in [5, 5.41) is 10.7. The highest BCUT2D eigenvalue weighted by atomic mass is 16.6. The largest absolute Gasteiger partial charge is 0.491 e. The van der Waals surface area contributed by atoms with Crippen LogP contribution in [0.5, 0.6) is 5.75 Å². The first kappa shape index (κ1) is 13.8. The molecule has 2 rings (SSSR count). The lowest BCUT2D eigenvalue weighted by molar-refractivity contribution is -0.384. The first-order valence-corrected chi connectivity index (χ1v) is 6.40. The Hall–Kier alpha value is -1.66. The molecule has 6 heteroatoms. The number of nitro groups is 1. The number of hydrogen-bond donors (Lipinski definition) is 0. The Morgan fingerprint density at radius 3 is 3.16 bits per heavy atom. The molecule has 1 fully saturated rings. The first-order chi connectivity index (χ1) is 9.19. The first-order valence-electron chi connectivity index (χ1n) is 6.40. The zero-order valence-electron chi connectivity index (χ0n) is 10.9. The van der Waals surface area contributed by atoms with Gasteiger partial charge in [0.15, 0.2) is 0 Å². The predicted octanol–water partition coefficient (Wildman–Crippen LogP) is 1.69. The molecular weight excluding hydrogens is 248 g/mol. The van der Waals surface area contributed by atoms with Crippen molar-refractivity contribution in [1.82, 2.24) is 4.90 Å². The zero-order chi connectivity index (χ0) is 13.7. The number of likely N-dealkylation sites (N-methyl/N-ethyl adjacent to an activating group) is 1. The fourth-order valence-corrected chi connectivity index (χ4v) is 2.04. The predicted molar refractivity (Wildman–Crippen MR) is 70.4 cm³/mol. The molecule has 1 aromatic rings. The molecule has 0 aliphatic carbocycles. The second-order valence-corrected chi connectivity index (χ2v) is 4.45. The topological polar surface area (TPSA) is 64.8 Å². The van der Waals surface area contributed by atoms with E-state index < -0.39 is 4.92 Å². The third-order valence-corrected chi connectivity index (χ3v) is 3.13. The van der Waals surface area contributed by atoms with Gasteiger partial charge < -0.3 is 9.47 Å². The summed E-state index contributed by atoms with van der Waals surface area (Å²) in [6.07, 6.45) is 0.0213. The molecule has 1 aromatic carbocycles. The molecule has 1 unspecified atom stereocenters. The summed E-state index contributed by atoms with van der Waals surface area (Å²) in [5.74, 6) is 0.506. The summed E-state index contributed by atoms with van der Waals surface area (Å²) in [5.41, 5.74) is 0.0391. The van der Waals surface area contributed by atoms with E-state index in [4.69, 9.17) is 9.47 Å². The molecular formula is C13H18N2O4. The number of non-ortho nitro benzene ring substituents is 1. The van der Waals surface area contributed by atoms with Crippen LogP contribution in [0.25, 0.3) is 0 Å². The van der Waals surface area contributed by atoms with Crippen LogP contribution in [0, 0.1) is 10.1 Å². The van der Waals surface area contributed by atoms with E-state index in [1.165, 1.54) is 12.1 Å². The Bertz CT molecular complexity index is 438. The number of hydrogen-bond acceptors (Lipinski definition) is 5. The van der Waals surface area contributed by atoms with Gasteiger partial charge in [-0.1, -0.05) is 13.0 Å². The molecule has 1 heterocycles. The summed E-state index contributed by atoms with van der Waals surface area (Å²) < 4.78 is 11.2. The number of morpholine rings is 1. The van der Waals surface area contributed by atoms with Crippen molar-refractivity contribution < 1.29 is 14.4 Å². The molecule has 1 atom stereocenters. The maximum atomic E-state index is 10.7. The lowest BCUT2D eigenvalue weighted by Crippen LogP contribution is -2.44. The van der Waals surface area contributed by atoms with Gasteiger partial charge in [0.25, 0.3) is 5.69 Å². The molecule has 19 heavy (non-hydrogen) atoms. The van der Waals surface area contributed by atoms with Crippen LogP contribution < -0.4 is 4.74 Å². The quantitative estimate of drug-likeness (QED) is 0.599. The number of benzene rings is 1. The minimum absolute atomic E-state index is 0.0213. The minimum Gasteiger partial charge on any atom is -0.491 e. The maximum absolute atomic E-state index is 10.7. The van der Waals surface area contributed by atoms with Gasteiger partial charge in [0.2, 0.25) is 0 Å². The molecule has 0 aromatic heterocycles. The van der Waals surface area contributed by atoms with Crippen LogP contribution in [0.3, 0.4) is 0 Å². The van der Waals surface area contributed by atoms with E-state index >= 15 is 0 Å². The van der Waals surface area contributed by atoms with E-state index in [2.05, 4.69) is 11.8 Å². The molecule has 0 N–H and O–H groups in total. The van der Waals surface area contributed by atoms with Crippen LogP contribution in [0.1, 0.15) is 6.92 Å². The van der Waals surface area contributed by atoms with E-state index in [1.807, 2.05) is 0 Å². The Morgan fingerprint density at radius 2 is 2.42 bits per heavy atom. The van der Waals surface area contributed by atoms with Gasteiger partial charge in [-0.25, -0.2) is 0 Å². The monoisotopic (exact) mass is 266 g/mol. The second-order valence-electron chi connectivity index (χ2n) is 4.45. The normalized spacial score (nSPS) is 20.2. The number of ether oxygens (including phenoxy) is 2.